The zero-order valence-electron chi connectivity index (χ0n) is 35.0. The molecule has 7 aromatic carbocycles. The van der Waals surface area contributed by atoms with Crippen LogP contribution >= 0.6 is 0 Å². The number of benzene rings is 7. The van der Waals surface area contributed by atoms with Crippen molar-refractivity contribution in [1.82, 2.24) is 0 Å². The van der Waals surface area contributed by atoms with Crippen LogP contribution in [0.1, 0.15) is 102 Å². The zero-order valence-corrected chi connectivity index (χ0v) is 35.0. The number of furan rings is 1. The fourth-order valence-electron chi connectivity index (χ4n) is 11.2. The molecule has 0 radical (unpaired) electrons. The molecular formula is C56H51NO. The van der Waals surface area contributed by atoms with E-state index in [1.807, 2.05) is 0 Å². The highest BCUT2D eigenvalue weighted by atomic mass is 16.3. The van der Waals surface area contributed by atoms with Crippen molar-refractivity contribution in [2.45, 2.75) is 89.9 Å². The maximum atomic E-state index is 6.93. The van der Waals surface area contributed by atoms with Gasteiger partial charge in [0.15, 0.2) is 5.58 Å². The van der Waals surface area contributed by atoms with Crippen LogP contribution in [0.5, 0.6) is 0 Å². The monoisotopic (exact) mass is 753 g/mol. The van der Waals surface area contributed by atoms with Crippen molar-refractivity contribution in [2.75, 3.05) is 4.90 Å². The predicted octanol–water partition coefficient (Wildman–Crippen LogP) is 15.7. The first kappa shape index (κ1) is 35.3. The zero-order chi connectivity index (χ0) is 39.9. The SMILES string of the molecule is CC1(C)CCC(C)(C)c2c(-c3cc4c(cc3N(c3ccc5c(c3)C(C)(C)c3ccccc3-5)c3cccc5c3oc3ccccc35)C(C)(C)c3ccccc3-4)cccc21. The van der Waals surface area contributed by atoms with Crippen LogP contribution in [0.15, 0.2) is 144 Å². The third kappa shape index (κ3) is 4.78. The van der Waals surface area contributed by atoms with Gasteiger partial charge in [0, 0.05) is 32.9 Å². The third-order valence-electron chi connectivity index (χ3n) is 14.5. The molecule has 0 spiro atoms. The number of anilines is 3. The third-order valence-corrected chi connectivity index (χ3v) is 14.5. The Balaban J connectivity index is 1.27. The van der Waals surface area contributed by atoms with Crippen molar-refractivity contribution in [2.24, 2.45) is 0 Å². The van der Waals surface area contributed by atoms with Crippen molar-refractivity contribution in [3.63, 3.8) is 0 Å². The van der Waals surface area contributed by atoms with E-state index in [4.69, 9.17) is 4.42 Å². The summed E-state index contributed by atoms with van der Waals surface area (Å²) < 4.78 is 6.93. The van der Waals surface area contributed by atoms with Crippen molar-refractivity contribution in [1.29, 1.82) is 0 Å². The normalized spacial score (nSPS) is 17.4. The highest BCUT2D eigenvalue weighted by Gasteiger charge is 2.42. The van der Waals surface area contributed by atoms with Crippen LogP contribution in [0.3, 0.4) is 0 Å². The maximum absolute atomic E-state index is 6.93. The van der Waals surface area contributed by atoms with E-state index in [0.717, 1.165) is 39.7 Å². The van der Waals surface area contributed by atoms with Crippen LogP contribution in [-0.2, 0) is 21.7 Å². The summed E-state index contributed by atoms with van der Waals surface area (Å²) in [6, 6.07) is 52.6. The Labute approximate surface area is 343 Å². The molecule has 3 aliphatic carbocycles. The van der Waals surface area contributed by atoms with Crippen molar-refractivity contribution >= 4 is 39.0 Å². The summed E-state index contributed by atoms with van der Waals surface area (Å²) >= 11 is 0. The molecular weight excluding hydrogens is 703 g/mol. The van der Waals surface area contributed by atoms with E-state index < -0.39 is 0 Å². The molecule has 11 rings (SSSR count). The van der Waals surface area contributed by atoms with Gasteiger partial charge in [0.25, 0.3) is 0 Å². The molecule has 1 aromatic heterocycles. The quantitative estimate of drug-likeness (QED) is 0.178. The first-order chi connectivity index (χ1) is 27.8. The summed E-state index contributed by atoms with van der Waals surface area (Å²) in [6.07, 6.45) is 2.31. The molecule has 0 N–H and O–H groups in total. The van der Waals surface area contributed by atoms with Crippen LogP contribution in [0.25, 0.3) is 55.3 Å². The second-order valence-corrected chi connectivity index (χ2v) is 19.6. The molecule has 1 heterocycles. The van der Waals surface area contributed by atoms with Gasteiger partial charge < -0.3 is 9.32 Å². The number of para-hydroxylation sites is 2. The molecule has 3 aliphatic rings. The van der Waals surface area contributed by atoms with E-state index in [1.165, 1.54) is 78.9 Å². The van der Waals surface area contributed by atoms with E-state index in [2.05, 4.69) is 200 Å². The summed E-state index contributed by atoms with van der Waals surface area (Å²) in [5.41, 5.74) is 21.2. The van der Waals surface area contributed by atoms with Gasteiger partial charge in [-0.25, -0.2) is 0 Å². The fourth-order valence-corrected chi connectivity index (χ4v) is 11.2. The fraction of sp³-hybridized carbons (Fsp3) is 0.250. The lowest BCUT2D eigenvalue weighted by atomic mass is 9.61. The second kappa shape index (κ2) is 11.9. The molecule has 8 aromatic rings. The summed E-state index contributed by atoms with van der Waals surface area (Å²) in [5.74, 6) is 0. The average Bonchev–Trinajstić information content (AvgIpc) is 3.79. The molecule has 0 fully saturated rings. The molecule has 2 heteroatoms. The molecule has 0 saturated carbocycles. The molecule has 2 nitrogen and oxygen atoms in total. The summed E-state index contributed by atoms with van der Waals surface area (Å²) in [5, 5.41) is 2.26. The van der Waals surface area contributed by atoms with Crippen molar-refractivity contribution in [3.8, 4) is 33.4 Å². The van der Waals surface area contributed by atoms with Gasteiger partial charge in [0.05, 0.1) is 11.4 Å². The number of hydrogen-bond acceptors (Lipinski definition) is 2. The van der Waals surface area contributed by atoms with Crippen molar-refractivity contribution < 1.29 is 4.42 Å². The molecule has 0 aliphatic heterocycles. The van der Waals surface area contributed by atoms with Crippen LogP contribution in [-0.4, -0.2) is 0 Å². The molecule has 0 saturated heterocycles. The Morgan fingerprint density at radius 3 is 1.74 bits per heavy atom. The Hall–Kier alpha value is -5.86. The van der Waals surface area contributed by atoms with Gasteiger partial charge in [-0.2, -0.15) is 0 Å². The van der Waals surface area contributed by atoms with E-state index in [9.17, 15) is 0 Å². The molecule has 0 bridgehead atoms. The highest BCUT2D eigenvalue weighted by Crippen LogP contribution is 2.58. The number of nitrogens with zero attached hydrogens (tertiary/aromatic N) is 1. The highest BCUT2D eigenvalue weighted by molar-refractivity contribution is 6.11. The Morgan fingerprint density at radius 2 is 0.983 bits per heavy atom. The van der Waals surface area contributed by atoms with Gasteiger partial charge >= 0.3 is 0 Å². The first-order valence-corrected chi connectivity index (χ1v) is 21.1. The lowest BCUT2D eigenvalue weighted by molar-refractivity contribution is 0.333. The van der Waals surface area contributed by atoms with Crippen LogP contribution < -0.4 is 4.90 Å². The topological polar surface area (TPSA) is 16.4 Å². The summed E-state index contributed by atoms with van der Waals surface area (Å²) in [6.45, 7) is 19.4. The van der Waals surface area contributed by atoms with E-state index >= 15 is 0 Å². The average molecular weight is 754 g/mol. The molecule has 0 unspecified atom stereocenters. The van der Waals surface area contributed by atoms with Gasteiger partial charge in [-0.3, -0.25) is 0 Å². The second-order valence-electron chi connectivity index (χ2n) is 19.6. The van der Waals surface area contributed by atoms with Crippen LogP contribution in [0, 0.1) is 0 Å². The minimum Gasteiger partial charge on any atom is -0.454 e. The molecule has 58 heavy (non-hydrogen) atoms. The standard InChI is InChI=1S/C56H51NO/c1-53(2)29-30-54(3,4)51-39(20-15-24-45(51)53)42-32-41-36-18-10-13-23-44(36)56(7,8)47(41)33-49(42)57(48-25-16-21-40-38-19-11-14-26-50(38)58-52(40)48)34-27-28-37-35-17-9-12-22-43(35)55(5,6)46(37)31-34/h9-28,31-33H,29-30H2,1-8H3. The Bertz CT molecular complexity index is 3020. The summed E-state index contributed by atoms with van der Waals surface area (Å²) in [7, 11) is 0. The Kier molecular flexibility index (Phi) is 7.22. The van der Waals surface area contributed by atoms with Crippen LogP contribution in [0.4, 0.5) is 17.1 Å². The summed E-state index contributed by atoms with van der Waals surface area (Å²) in [4.78, 5) is 2.54. The Morgan fingerprint density at radius 1 is 0.414 bits per heavy atom. The van der Waals surface area contributed by atoms with Gasteiger partial charge in [-0.1, -0.05) is 159 Å². The first-order valence-electron chi connectivity index (χ1n) is 21.1. The molecule has 0 amide bonds. The smallest absolute Gasteiger partial charge is 0.159 e. The van der Waals surface area contributed by atoms with E-state index in [-0.39, 0.29) is 21.7 Å². The lowest BCUT2D eigenvalue weighted by Gasteiger charge is -2.43. The van der Waals surface area contributed by atoms with Gasteiger partial charge in [0.2, 0.25) is 0 Å². The molecule has 0 atom stereocenters. The number of rotatable bonds is 4. The predicted molar refractivity (Wildman–Crippen MR) is 244 cm³/mol. The largest absolute Gasteiger partial charge is 0.454 e. The number of fused-ring (bicyclic) bond motifs is 10. The van der Waals surface area contributed by atoms with Crippen LogP contribution in [0.2, 0.25) is 0 Å². The maximum Gasteiger partial charge on any atom is 0.159 e. The molecule has 286 valence electrons. The lowest BCUT2D eigenvalue weighted by Crippen LogP contribution is -2.34. The van der Waals surface area contributed by atoms with Crippen molar-refractivity contribution in [3.05, 3.63) is 173 Å². The minimum atomic E-state index is -0.185. The van der Waals surface area contributed by atoms with Gasteiger partial charge in [0.1, 0.15) is 5.58 Å². The van der Waals surface area contributed by atoms with E-state index in [1.54, 1.807) is 0 Å². The van der Waals surface area contributed by atoms with Gasteiger partial charge in [-0.05, 0) is 121 Å². The van der Waals surface area contributed by atoms with E-state index in [0.29, 0.717) is 0 Å². The minimum absolute atomic E-state index is 0.00184. The van der Waals surface area contributed by atoms with Gasteiger partial charge in [-0.15, -0.1) is 0 Å². The number of hydrogen-bond donors (Lipinski definition) is 0.